The second-order valence-electron chi connectivity index (χ2n) is 7.20. The molecular weight excluding hydrogens is 384 g/mol. The monoisotopic (exact) mass is 410 g/mol. The first-order valence-electron chi connectivity index (χ1n) is 9.42. The Morgan fingerprint density at radius 3 is 2.54 bits per heavy atom. The average molecular weight is 410 g/mol. The first-order valence-corrected chi connectivity index (χ1v) is 11.3. The van der Waals surface area contributed by atoms with E-state index in [1.165, 1.54) is 16.3 Å². The second kappa shape index (κ2) is 8.48. The molecule has 8 nitrogen and oxygen atoms in total. The molecule has 154 valence electrons. The fourth-order valence-electron chi connectivity index (χ4n) is 3.83. The van der Waals surface area contributed by atoms with Crippen molar-refractivity contribution in [3.8, 4) is 5.75 Å². The van der Waals surface area contributed by atoms with Crippen LogP contribution in [-0.2, 0) is 24.3 Å². The zero-order valence-corrected chi connectivity index (χ0v) is 17.0. The van der Waals surface area contributed by atoms with Crippen molar-refractivity contribution in [2.75, 3.05) is 31.4 Å². The molecule has 0 saturated heterocycles. The Morgan fingerprint density at radius 2 is 1.89 bits per heavy atom. The molecule has 2 aliphatic rings. The quantitative estimate of drug-likeness (QED) is 0.684. The highest BCUT2D eigenvalue weighted by Crippen LogP contribution is 2.34. The Labute approximate surface area is 165 Å². The molecule has 1 amide bonds. The molecule has 9 heteroatoms. The molecule has 1 aromatic carbocycles. The van der Waals surface area contributed by atoms with Crippen molar-refractivity contribution in [2.24, 2.45) is 0 Å². The van der Waals surface area contributed by atoms with Crippen molar-refractivity contribution >= 4 is 27.6 Å². The van der Waals surface area contributed by atoms with Gasteiger partial charge >= 0.3 is 5.97 Å². The highest BCUT2D eigenvalue weighted by Gasteiger charge is 2.37. The van der Waals surface area contributed by atoms with E-state index in [-0.39, 0.29) is 25.0 Å². The summed E-state index contributed by atoms with van der Waals surface area (Å²) in [6.07, 6.45) is 4.69. The third-order valence-corrected chi connectivity index (χ3v) is 6.52. The van der Waals surface area contributed by atoms with E-state index in [9.17, 15) is 18.0 Å². The molecule has 1 saturated carbocycles. The summed E-state index contributed by atoms with van der Waals surface area (Å²) in [4.78, 5) is 26.5. The molecule has 0 bridgehead atoms. The van der Waals surface area contributed by atoms with E-state index in [0.29, 0.717) is 11.4 Å². The molecule has 1 aromatic rings. The van der Waals surface area contributed by atoms with Crippen LogP contribution in [0.3, 0.4) is 0 Å². The molecule has 1 atom stereocenters. The number of hydrogen-bond donors (Lipinski definition) is 0. The first kappa shape index (κ1) is 20.6. The standard InChI is InChI=1S/C19H26N2O6S/c1-26-19(23)17-12-20(15-10-6-7-11-16(15)27-17)18(22)13-21(28(2,24)25)14-8-4-3-5-9-14/h6-7,10-11,14,17H,3-5,8-9,12-13H2,1-2H3/t17-/m1/s1. The highest BCUT2D eigenvalue weighted by atomic mass is 32.2. The maximum Gasteiger partial charge on any atom is 0.348 e. The van der Waals surface area contributed by atoms with Gasteiger partial charge in [0, 0.05) is 6.04 Å². The average Bonchev–Trinajstić information content (AvgIpc) is 2.70. The van der Waals surface area contributed by atoms with Crippen molar-refractivity contribution in [1.29, 1.82) is 0 Å². The number of amides is 1. The maximum absolute atomic E-state index is 13.1. The zero-order valence-electron chi connectivity index (χ0n) is 16.2. The number of nitrogens with zero attached hydrogens (tertiary/aromatic N) is 2. The number of sulfonamides is 1. The fourth-order valence-corrected chi connectivity index (χ4v) is 4.93. The number of fused-ring (bicyclic) bond motifs is 1. The number of carbonyl (C=O) groups excluding carboxylic acids is 2. The number of carbonyl (C=O) groups is 2. The van der Waals surface area contributed by atoms with E-state index >= 15 is 0 Å². The summed E-state index contributed by atoms with van der Waals surface area (Å²) in [6, 6.07) is 6.72. The Kier molecular flexibility index (Phi) is 6.24. The summed E-state index contributed by atoms with van der Waals surface area (Å²) < 4.78 is 36.5. The molecule has 0 radical (unpaired) electrons. The van der Waals surface area contributed by atoms with Crippen LogP contribution in [0, 0.1) is 0 Å². The van der Waals surface area contributed by atoms with E-state index in [1.807, 2.05) is 0 Å². The number of esters is 1. The summed E-state index contributed by atoms with van der Waals surface area (Å²) in [5, 5.41) is 0. The Bertz CT molecular complexity index is 835. The lowest BCUT2D eigenvalue weighted by molar-refractivity contribution is -0.148. The smallest absolute Gasteiger partial charge is 0.348 e. The fraction of sp³-hybridized carbons (Fsp3) is 0.579. The second-order valence-corrected chi connectivity index (χ2v) is 9.14. The van der Waals surface area contributed by atoms with Crippen molar-refractivity contribution in [1.82, 2.24) is 4.31 Å². The molecule has 0 unspecified atom stereocenters. The van der Waals surface area contributed by atoms with Crippen LogP contribution in [0.2, 0.25) is 0 Å². The van der Waals surface area contributed by atoms with E-state index < -0.39 is 22.1 Å². The third kappa shape index (κ3) is 4.47. The number of anilines is 1. The summed E-state index contributed by atoms with van der Waals surface area (Å²) in [7, 11) is -2.29. The van der Waals surface area contributed by atoms with Gasteiger partial charge in [0.2, 0.25) is 22.0 Å². The number of methoxy groups -OCH3 is 1. The van der Waals surface area contributed by atoms with Crippen molar-refractivity contribution in [3.05, 3.63) is 24.3 Å². The topological polar surface area (TPSA) is 93.2 Å². The highest BCUT2D eigenvalue weighted by molar-refractivity contribution is 7.88. The van der Waals surface area contributed by atoms with Crippen LogP contribution in [0.1, 0.15) is 32.1 Å². The van der Waals surface area contributed by atoms with Gasteiger partial charge < -0.3 is 14.4 Å². The number of hydrogen-bond acceptors (Lipinski definition) is 6. The number of benzene rings is 1. The van der Waals surface area contributed by atoms with Gasteiger partial charge in [-0.3, -0.25) is 4.79 Å². The van der Waals surface area contributed by atoms with Crippen molar-refractivity contribution in [2.45, 2.75) is 44.2 Å². The molecule has 3 rings (SSSR count). The number of para-hydroxylation sites is 2. The lowest BCUT2D eigenvalue weighted by Crippen LogP contribution is -2.52. The predicted octanol–water partition coefficient (Wildman–Crippen LogP) is 1.55. The van der Waals surface area contributed by atoms with Gasteiger partial charge in [-0.25, -0.2) is 13.2 Å². The normalized spacial score (nSPS) is 20.4. The van der Waals surface area contributed by atoms with Crippen molar-refractivity contribution in [3.63, 3.8) is 0 Å². The van der Waals surface area contributed by atoms with Crippen LogP contribution in [0.15, 0.2) is 24.3 Å². The van der Waals surface area contributed by atoms with Gasteiger partial charge in [0.25, 0.3) is 0 Å². The zero-order chi connectivity index (χ0) is 20.3. The van der Waals surface area contributed by atoms with Gasteiger partial charge in [-0.1, -0.05) is 31.4 Å². The molecule has 1 fully saturated rings. The van der Waals surface area contributed by atoms with Crippen LogP contribution in [0.25, 0.3) is 0 Å². The Morgan fingerprint density at radius 1 is 1.21 bits per heavy atom. The minimum Gasteiger partial charge on any atom is -0.475 e. The van der Waals surface area contributed by atoms with Gasteiger partial charge in [0.1, 0.15) is 5.75 Å². The predicted molar refractivity (Wildman–Crippen MR) is 104 cm³/mol. The molecule has 1 aliphatic heterocycles. The van der Waals surface area contributed by atoms with E-state index in [1.54, 1.807) is 24.3 Å². The van der Waals surface area contributed by atoms with Gasteiger partial charge in [-0.2, -0.15) is 4.31 Å². The third-order valence-electron chi connectivity index (χ3n) is 5.24. The first-order chi connectivity index (χ1) is 13.3. The summed E-state index contributed by atoms with van der Waals surface area (Å²) in [5.74, 6) is -0.582. The minimum absolute atomic E-state index is 0.0230. The number of rotatable bonds is 5. The summed E-state index contributed by atoms with van der Waals surface area (Å²) >= 11 is 0. The largest absolute Gasteiger partial charge is 0.475 e. The van der Waals surface area contributed by atoms with E-state index in [4.69, 9.17) is 9.47 Å². The number of ether oxygens (including phenoxy) is 2. The molecule has 1 heterocycles. The minimum atomic E-state index is -3.55. The lowest BCUT2D eigenvalue weighted by atomic mass is 9.95. The SMILES string of the molecule is COC(=O)[C@H]1CN(C(=O)CN(C2CCCCC2)S(C)(=O)=O)c2ccccc2O1. The molecule has 0 spiro atoms. The maximum atomic E-state index is 13.1. The summed E-state index contributed by atoms with van der Waals surface area (Å²) in [5.41, 5.74) is 0.518. The van der Waals surface area contributed by atoms with Crippen molar-refractivity contribution < 1.29 is 27.5 Å². The van der Waals surface area contributed by atoms with Crippen LogP contribution in [0.4, 0.5) is 5.69 Å². The van der Waals surface area contributed by atoms with Gasteiger partial charge in [0.05, 0.1) is 32.1 Å². The van der Waals surface area contributed by atoms with Crippen LogP contribution >= 0.6 is 0 Å². The van der Waals surface area contributed by atoms with Gasteiger partial charge in [-0.15, -0.1) is 0 Å². The summed E-state index contributed by atoms with van der Waals surface area (Å²) in [6.45, 7) is -0.281. The molecule has 28 heavy (non-hydrogen) atoms. The Balaban J connectivity index is 1.85. The Hall–Kier alpha value is -2.13. The lowest BCUT2D eigenvalue weighted by Gasteiger charge is -2.36. The van der Waals surface area contributed by atoms with E-state index in [2.05, 4.69) is 0 Å². The van der Waals surface area contributed by atoms with E-state index in [0.717, 1.165) is 38.4 Å². The van der Waals surface area contributed by atoms with Gasteiger partial charge in [-0.05, 0) is 25.0 Å². The van der Waals surface area contributed by atoms with Crippen LogP contribution in [0.5, 0.6) is 5.75 Å². The van der Waals surface area contributed by atoms with Crippen LogP contribution in [-0.4, -0.2) is 63.2 Å². The molecule has 1 aliphatic carbocycles. The van der Waals surface area contributed by atoms with Crippen LogP contribution < -0.4 is 9.64 Å². The van der Waals surface area contributed by atoms with Gasteiger partial charge in [0.15, 0.2) is 0 Å². The molecular formula is C19H26N2O6S. The molecule has 0 aromatic heterocycles. The molecule has 0 N–H and O–H groups in total.